The number of carboxylic acid groups (broad SMARTS) is 1. The molecule has 9 heterocycles. The summed E-state index contributed by atoms with van der Waals surface area (Å²) in [5, 5.41) is 55.8. The average molecular weight is 2290 g/mol. The second-order valence-electron chi connectivity index (χ2n) is 27.0. The van der Waals surface area contributed by atoms with Crippen molar-refractivity contribution in [1.82, 2.24) is 53.4 Å². The predicted molar refractivity (Wildman–Crippen MR) is 511 cm³/mol. The van der Waals surface area contributed by atoms with E-state index >= 15 is 0 Å². The zero-order valence-electron chi connectivity index (χ0n) is 69.4. The molecule has 0 bridgehead atoms. The first-order valence-corrected chi connectivity index (χ1v) is 43.2. The fourth-order valence-corrected chi connectivity index (χ4v) is 14.1. The van der Waals surface area contributed by atoms with Crippen LogP contribution in [-0.2, 0) is 47.3 Å². The maximum atomic E-state index is 12.9. The molecule has 1 saturated heterocycles. The Morgan fingerprint density at radius 2 is 0.992 bits per heavy atom. The summed E-state index contributed by atoms with van der Waals surface area (Å²) in [6.07, 6.45) is 5.06. The van der Waals surface area contributed by atoms with E-state index in [2.05, 4.69) is 156 Å². The number of halogens is 17. The molecular weight excluding hydrogens is 2210 g/mol. The SMILES string of the molecule is Cn1cc(B2OC(C)(C)C(C)(C)O2)cn1.NBr.Nc1c(Cl)ncc(Br)c1NCc1ccccc1.O=CO.O=[N+]([O-])c1c(Cl)ncc(Br)c1Cl.O=[N+]([O-])c1c(Cl)ncc(Br)c1NCc1ccccc1.O=c1[nH]cc(Br)c2c1ncn2Cc1ccccc1.O=c1c2ncn(Cc3ccccc3)c2c(Br)cn1-c1ccc(OC(F)(F)F)cc1.OB(O)c1ccc(OC(F)(F)F)cc1.[2H]CF. The van der Waals surface area contributed by atoms with Gasteiger partial charge in [0.25, 0.3) is 17.6 Å². The van der Waals surface area contributed by atoms with E-state index in [1.807, 2.05) is 171 Å². The monoisotopic (exact) mass is 2280 g/mol. The molecule has 8 aromatic heterocycles. The van der Waals surface area contributed by atoms with E-state index in [1.54, 1.807) is 42.1 Å². The predicted octanol–water partition coefficient (Wildman–Crippen LogP) is 19.7. The summed E-state index contributed by atoms with van der Waals surface area (Å²) in [5.74, 6) is -0.761. The van der Waals surface area contributed by atoms with Gasteiger partial charge < -0.3 is 64.4 Å². The van der Waals surface area contributed by atoms with Gasteiger partial charge in [-0.25, -0.2) is 24.9 Å². The number of nitrogens with one attached hydrogen (secondary N) is 3. The number of H-pyrrole nitrogens is 1. The summed E-state index contributed by atoms with van der Waals surface area (Å²) in [4.78, 5) is 75.4. The van der Waals surface area contributed by atoms with Crippen LogP contribution in [0.25, 0.3) is 27.8 Å². The van der Waals surface area contributed by atoms with Crippen LogP contribution in [0.15, 0.2) is 258 Å². The van der Waals surface area contributed by atoms with Crippen LogP contribution < -0.4 is 52.6 Å². The van der Waals surface area contributed by atoms with Gasteiger partial charge in [-0.3, -0.25) is 53.0 Å². The van der Waals surface area contributed by atoms with Gasteiger partial charge in [0.15, 0.2) is 16.2 Å². The fraction of sp³-hybridized carbons (Fsp3) is 0.173. The van der Waals surface area contributed by atoms with Crippen molar-refractivity contribution in [3.63, 3.8) is 0 Å². The summed E-state index contributed by atoms with van der Waals surface area (Å²) >= 11 is 41.6. The number of aromatic nitrogens is 11. The van der Waals surface area contributed by atoms with Crippen LogP contribution >= 0.6 is 142 Å². The largest absolute Gasteiger partial charge is 0.573 e. The second-order valence-corrected chi connectivity index (χ2v) is 32.7. The molecule has 31 nitrogen and oxygen atoms in total. The number of nitrogens with zero attached hydrogens (tertiary/aromatic N) is 12. The zero-order valence-corrected chi connectivity index (χ0v) is 80.9. The number of aromatic amines is 1. The highest BCUT2D eigenvalue weighted by atomic mass is 79.9. The molecule has 6 aromatic carbocycles. The van der Waals surface area contributed by atoms with Crippen molar-refractivity contribution in [2.75, 3.05) is 23.5 Å². The summed E-state index contributed by atoms with van der Waals surface area (Å²) < 4.78 is 121. The molecule has 0 saturated carbocycles. The average Bonchev–Trinajstić information content (AvgIpc) is 1.62. The van der Waals surface area contributed by atoms with E-state index in [-0.39, 0.29) is 79.3 Å². The number of hydrogen-bond acceptors (Lipinski definition) is 23. The molecular formula is C81H74B2Br6Cl4F7N17O14. The fourth-order valence-electron chi connectivity index (χ4n) is 11.0. The number of nitrogens with two attached hydrogens (primary N) is 2. The van der Waals surface area contributed by atoms with E-state index in [0.717, 1.165) is 73.1 Å². The van der Waals surface area contributed by atoms with Crippen LogP contribution in [0, 0.1) is 20.2 Å². The molecule has 50 heteroatoms. The number of alkyl halides is 7. The van der Waals surface area contributed by atoms with Gasteiger partial charge in [0.05, 0.1) is 87.0 Å². The number of fused-ring (bicyclic) bond motifs is 2. The molecule has 0 spiro atoms. The van der Waals surface area contributed by atoms with Crippen molar-refractivity contribution < 1.29 is 80.7 Å². The van der Waals surface area contributed by atoms with Crippen molar-refractivity contribution in [2.45, 2.75) is 77.8 Å². The number of aryl methyl sites for hydroxylation is 1. The summed E-state index contributed by atoms with van der Waals surface area (Å²) in [6.45, 7) is 10.3. The minimum atomic E-state index is -4.77. The van der Waals surface area contributed by atoms with Gasteiger partial charge in [-0.2, -0.15) is 5.10 Å². The van der Waals surface area contributed by atoms with Crippen LogP contribution in [0.4, 0.5) is 59.2 Å². The summed E-state index contributed by atoms with van der Waals surface area (Å²) in [6, 6.07) is 48.8. The Morgan fingerprint density at radius 1 is 0.595 bits per heavy atom. The lowest BCUT2D eigenvalue weighted by Crippen LogP contribution is -2.41. The third kappa shape index (κ3) is 33.1. The van der Waals surface area contributed by atoms with Crippen LogP contribution in [0.5, 0.6) is 11.5 Å². The Hall–Kier alpha value is -10.4. The standard InChI is InChI=1S/C20H13BrF3N3O2.C13H10BrN3O.C12H9BrClN3O2.C12H11BrClN3.C10H17BN2O2.C7H6BF3O3.C5HBrCl2N2O2.CH3F.CH2O2.BrH2N/c21-16-11-27(14-6-8-15(9-7-14)29-20(22,23)24)19(28)17-18(16)26(12-25-17)10-13-4-2-1-3-5-13;14-10-6-15-13(18)11-12(10)17(8-16-11)7-9-4-2-1-3-5-9;13-9-7-16-12(14)11(17(18)19)10(9)15-6-8-4-2-1-3-5-8;13-9-7-17-12(14)10(15)11(9)16-6-8-4-2-1-3-5-8;1-9(2)10(3,4)15-11(14-9)8-6-12-13(5)7-8;9-7(10,11)14-6-3-1-5(2-4-6)8(12)13;6-2-1-9-5(8)4(3(2)7)10(11)12;1-2;2-1-3;1-2/h1-9,11-12H,10H2;1-6,8H,7H2,(H,15,18);1-5,7H,6H2,(H,15,16);1-5,7H,6,15H2,(H,16,17);6-7H,1-5H3;1-4,12-13H;1H;1H3;1H,(H,2,3);2H2/i;;;;;;;1D;;. The molecule has 1 aliphatic heterocycles. The first-order valence-electron chi connectivity index (χ1n) is 37.5. The molecule has 692 valence electrons. The number of rotatable bonds is 17. The quantitative estimate of drug-likeness (QED) is 0.00798. The van der Waals surface area contributed by atoms with Gasteiger partial charge in [0.1, 0.15) is 22.2 Å². The first kappa shape index (κ1) is 108. The van der Waals surface area contributed by atoms with Crippen molar-refractivity contribution in [3.8, 4) is 17.2 Å². The maximum Gasteiger partial charge on any atom is 0.573 e. The number of anilines is 3. The van der Waals surface area contributed by atoms with Crippen LogP contribution in [0.1, 0.15) is 51.3 Å². The summed E-state index contributed by atoms with van der Waals surface area (Å²) in [7, 11) is -1.12. The lowest BCUT2D eigenvalue weighted by Gasteiger charge is -2.32. The molecule has 0 unspecified atom stereocenters. The molecule has 0 atom stereocenters. The molecule has 0 radical (unpaired) electrons. The van der Waals surface area contributed by atoms with Gasteiger partial charge in [0, 0.05) is 104 Å². The number of ether oxygens (including phenoxy) is 2. The molecule has 131 heavy (non-hydrogen) atoms. The first-order chi connectivity index (χ1) is 62.4. The van der Waals surface area contributed by atoms with Crippen molar-refractivity contribution in [1.29, 1.82) is 0 Å². The Balaban J connectivity index is 0.000000238. The van der Waals surface area contributed by atoms with Crippen molar-refractivity contribution in [3.05, 3.63) is 332 Å². The van der Waals surface area contributed by atoms with Crippen molar-refractivity contribution >= 4 is 224 Å². The second kappa shape index (κ2) is 52.1. The molecule has 1 fully saturated rings. The Bertz CT molecular complexity index is 6200. The number of imidazole rings is 2. The zero-order chi connectivity index (χ0) is 98.0. The number of carbonyl (C=O) groups is 1. The van der Waals surface area contributed by atoms with Crippen LogP contribution in [0.3, 0.4) is 0 Å². The topological polar surface area (TPSA) is 424 Å². The van der Waals surface area contributed by atoms with E-state index in [4.69, 9.17) is 82.8 Å². The van der Waals surface area contributed by atoms with Gasteiger partial charge in [-0.15, -0.1) is 26.3 Å². The third-order valence-corrected chi connectivity index (χ3v) is 22.1. The van der Waals surface area contributed by atoms with Crippen LogP contribution in [0.2, 0.25) is 20.5 Å². The number of benzene rings is 6. The molecule has 1 aliphatic rings. The van der Waals surface area contributed by atoms with E-state index in [0.29, 0.717) is 72.8 Å². The number of nitrogen functional groups attached to an aromatic ring is 1. The summed E-state index contributed by atoms with van der Waals surface area (Å²) in [5.41, 5.74) is 13.7. The number of pyridine rings is 5. The Morgan fingerprint density at radius 3 is 1.41 bits per heavy atom. The minimum Gasteiger partial charge on any atom is -0.483 e. The highest BCUT2D eigenvalue weighted by Gasteiger charge is 2.52. The molecule has 14 aromatic rings. The number of hydrogen-bond donors (Lipinski definition) is 8. The highest BCUT2D eigenvalue weighted by Crippen LogP contribution is 2.40. The van der Waals surface area contributed by atoms with E-state index in [9.17, 15) is 60.6 Å². The highest BCUT2D eigenvalue weighted by molar-refractivity contribution is 9.11. The molecule has 15 rings (SSSR count). The molecule has 0 amide bonds. The van der Waals surface area contributed by atoms with Gasteiger partial charge in [0.2, 0.25) is 10.3 Å². The van der Waals surface area contributed by atoms with E-state index < -0.39 is 42.6 Å². The lowest BCUT2D eigenvalue weighted by molar-refractivity contribution is -0.385. The van der Waals surface area contributed by atoms with E-state index in [1.165, 1.54) is 40.2 Å². The van der Waals surface area contributed by atoms with Gasteiger partial charge >= 0.3 is 38.3 Å². The van der Waals surface area contributed by atoms with Crippen molar-refractivity contribution in [2.24, 2.45) is 11.8 Å². The van der Waals surface area contributed by atoms with Gasteiger partial charge in [-0.1, -0.05) is 180 Å². The maximum absolute atomic E-state index is 12.9. The van der Waals surface area contributed by atoms with Gasteiger partial charge in [-0.05, 0) is 171 Å². The molecule has 10 N–H and O–H groups in total. The number of nitro groups is 2. The van der Waals surface area contributed by atoms with Crippen LogP contribution in [-0.4, -0.2) is 130 Å². The lowest BCUT2D eigenvalue weighted by atomic mass is 9.80. The normalized spacial score (nSPS) is 12.0. The smallest absolute Gasteiger partial charge is 0.483 e. The minimum absolute atomic E-state index is 0.0417. The Kier molecular flexibility index (Phi) is 42.8. The molecule has 0 aliphatic carbocycles. The third-order valence-electron chi connectivity index (χ3n) is 17.6. The Labute approximate surface area is 814 Å².